The first-order valence-corrected chi connectivity index (χ1v) is 31.1. The molecule has 0 aromatic heterocycles. The van der Waals surface area contributed by atoms with Crippen molar-refractivity contribution in [1.82, 2.24) is 0 Å². The fourth-order valence-electron chi connectivity index (χ4n) is 13.7. The maximum Gasteiger partial charge on any atom is 0.118 e. The largest absolute Gasteiger partial charge is 0.497 e. The molecule has 452 valence electrons. The van der Waals surface area contributed by atoms with Gasteiger partial charge in [0.05, 0.1) is 31.8 Å². The molecular weight excluding hydrogens is 1060 g/mol. The van der Waals surface area contributed by atoms with Crippen LogP contribution in [0.25, 0.3) is 11.4 Å². The van der Waals surface area contributed by atoms with Crippen LogP contribution in [0, 0.1) is 111 Å². The molecule has 0 aliphatic carbocycles. The fourth-order valence-corrected chi connectivity index (χ4v) is 13.7. The summed E-state index contributed by atoms with van der Waals surface area (Å²) < 4.78 is 5.51. The quantitative estimate of drug-likeness (QED) is 0.142. The van der Waals surface area contributed by atoms with Crippen LogP contribution >= 0.6 is 0 Å². The van der Waals surface area contributed by atoms with E-state index >= 15 is 0 Å². The van der Waals surface area contributed by atoms with Crippen molar-refractivity contribution < 1.29 is 4.74 Å². The number of benzene rings is 8. The van der Waals surface area contributed by atoms with Gasteiger partial charge >= 0.3 is 0 Å². The van der Waals surface area contributed by atoms with Gasteiger partial charge in [-0.1, -0.05) is 146 Å². The average molecular weight is 1160 g/mol. The number of ether oxygens (including phenoxy) is 1. The van der Waals surface area contributed by atoms with Gasteiger partial charge in [-0.05, 0) is 233 Å². The lowest BCUT2D eigenvalue weighted by Gasteiger charge is -2.29. The molecule has 0 saturated carbocycles. The molecule has 0 radical (unpaired) electrons. The van der Waals surface area contributed by atoms with Crippen LogP contribution in [-0.4, -0.2) is 27.1 Å². The summed E-state index contributed by atoms with van der Waals surface area (Å²) >= 11 is 0. The maximum absolute atomic E-state index is 5.51. The van der Waals surface area contributed by atoms with Gasteiger partial charge < -0.3 is 34.1 Å². The molecule has 0 saturated heterocycles. The Kier molecular flexibility index (Phi) is 18.5. The third kappa shape index (κ3) is 13.3. The number of anilines is 6. The highest BCUT2D eigenvalue weighted by Crippen LogP contribution is 2.47. The minimum Gasteiger partial charge on any atom is -0.497 e. The Morgan fingerprint density at radius 2 is 0.644 bits per heavy atom. The normalized spacial score (nSPS) is 14.1. The topological polar surface area (TPSA) is 28.7 Å². The number of nitrogens with zero attached hydrogens (tertiary/aromatic N) is 6. The Morgan fingerprint density at radius 3 is 1.02 bits per heavy atom. The van der Waals surface area contributed by atoms with E-state index in [1.54, 1.807) is 7.11 Å². The van der Waals surface area contributed by atoms with E-state index in [0.29, 0.717) is 0 Å². The first kappa shape index (κ1) is 63.1. The molecule has 0 unspecified atom stereocenters. The predicted molar refractivity (Wildman–Crippen MR) is 376 cm³/mol. The van der Waals surface area contributed by atoms with Crippen LogP contribution in [0.15, 0.2) is 157 Å². The molecule has 0 atom stereocenters. The van der Waals surface area contributed by atoms with Gasteiger partial charge in [-0.3, -0.25) is 0 Å². The molecule has 8 aromatic carbocycles. The molecule has 0 spiro atoms. The van der Waals surface area contributed by atoms with E-state index in [-0.39, 0.29) is 5.41 Å². The number of hydrogen-bond acceptors (Lipinski definition) is 7. The van der Waals surface area contributed by atoms with Crippen LogP contribution < -0.4 is 34.1 Å². The number of hydrogen-bond donors (Lipinski definition) is 0. The Morgan fingerprint density at radius 1 is 0.310 bits per heavy atom. The van der Waals surface area contributed by atoms with Gasteiger partial charge in [0.15, 0.2) is 0 Å². The molecule has 0 amide bonds. The van der Waals surface area contributed by atoms with E-state index in [2.05, 4.69) is 321 Å². The van der Waals surface area contributed by atoms with E-state index in [9.17, 15) is 0 Å². The van der Waals surface area contributed by atoms with Crippen LogP contribution in [0.1, 0.15) is 140 Å². The number of methoxy groups -OCH3 is 1. The monoisotopic (exact) mass is 1160 g/mol. The van der Waals surface area contributed by atoms with Crippen molar-refractivity contribution in [3.63, 3.8) is 0 Å². The van der Waals surface area contributed by atoms with Crippen LogP contribution in [0.3, 0.4) is 0 Å². The van der Waals surface area contributed by atoms with Crippen molar-refractivity contribution in [3.8, 4) is 5.75 Å². The summed E-state index contributed by atoms with van der Waals surface area (Å²) in [5.74, 6) is 0.859. The molecular formula is C80H96N6O. The summed E-state index contributed by atoms with van der Waals surface area (Å²) in [6.45, 7) is 49.0. The van der Waals surface area contributed by atoms with Crippen molar-refractivity contribution in [1.29, 1.82) is 0 Å². The first-order chi connectivity index (χ1) is 41.1. The lowest BCUT2D eigenvalue weighted by atomic mass is 9.86. The standard InChI is InChI=1S/C36H40N2O.C23H30N2.C21H26N2/c1-24-10-14-28(15-11-24)34-35(29-16-19-31(39-8)20-17-29)37(32-21-25(2)9-12-26(32)3)23-38(34)33-22-30(36(5,6)7)18-13-27(33)4;1-14-9-16(3)22(17(4)10-14)24-13-25(21(8)20(24)7)23-18(5)11-15(2)12-19(23)6;1-14-9-16(3)20(17(4)10-14)22-7-8-23(13-22)21-18(5)11-15(2)12-19(21)6/h9-22H,23H2,1-8H3;9-12H,13H2,1-8H3;7-12H,13H2,1-6H3. The number of rotatable bonds is 9. The zero-order valence-electron chi connectivity index (χ0n) is 56.6. The summed E-state index contributed by atoms with van der Waals surface area (Å²) in [6.07, 6.45) is 4.40. The fraction of sp³-hybridized carbons (Fsp3) is 0.325. The number of allylic oxidation sites excluding steroid dienone is 2. The summed E-state index contributed by atoms with van der Waals surface area (Å²) in [4.78, 5) is 14.6. The predicted octanol–water partition coefficient (Wildman–Crippen LogP) is 20.4. The molecule has 3 aliphatic heterocycles. The van der Waals surface area contributed by atoms with Crippen LogP contribution in [0.5, 0.6) is 5.75 Å². The minimum atomic E-state index is 0.0571. The molecule has 8 aromatic rings. The SMILES string of the molecule is CC1=C(C)N(c2c(C)cc(C)cc2C)CN1c1c(C)cc(C)cc1C.COc1ccc(C2=C(c3ccc(C)cc3)N(c3cc(C(C)(C)C)ccc3C)CN2c2cc(C)ccc2C)cc1.Cc1cc(C)c(N2C=CN(c3c(C)cc(C)cc3C)C2)c(C)c1. The van der Waals surface area contributed by atoms with E-state index in [1.165, 1.54) is 163 Å². The molecule has 0 bridgehead atoms. The summed E-state index contributed by atoms with van der Waals surface area (Å²) in [5.41, 5.74) is 37.8. The van der Waals surface area contributed by atoms with Crippen molar-refractivity contribution in [3.05, 3.63) is 263 Å². The minimum absolute atomic E-state index is 0.0571. The molecule has 7 nitrogen and oxygen atoms in total. The molecule has 0 fully saturated rings. The second kappa shape index (κ2) is 25.5. The summed E-state index contributed by atoms with van der Waals surface area (Å²) in [6, 6.07) is 49.3. The van der Waals surface area contributed by atoms with E-state index in [0.717, 1.165) is 25.8 Å². The molecule has 3 heterocycles. The highest BCUT2D eigenvalue weighted by molar-refractivity contribution is 6.06. The summed E-state index contributed by atoms with van der Waals surface area (Å²) in [7, 11) is 1.72. The van der Waals surface area contributed by atoms with E-state index in [4.69, 9.17) is 4.74 Å². The lowest BCUT2D eigenvalue weighted by molar-refractivity contribution is 0.415. The third-order valence-electron chi connectivity index (χ3n) is 17.8. The molecule has 87 heavy (non-hydrogen) atoms. The van der Waals surface area contributed by atoms with Gasteiger partial charge in [-0.2, -0.15) is 0 Å². The van der Waals surface area contributed by atoms with Crippen molar-refractivity contribution in [2.45, 2.75) is 151 Å². The smallest absolute Gasteiger partial charge is 0.118 e. The highest BCUT2D eigenvalue weighted by Gasteiger charge is 2.35. The Balaban J connectivity index is 0.000000164. The Hall–Kier alpha value is -8.42. The molecule has 7 heteroatoms. The third-order valence-corrected chi connectivity index (χ3v) is 17.8. The van der Waals surface area contributed by atoms with E-state index < -0.39 is 0 Å². The second-order valence-corrected chi connectivity index (χ2v) is 26.4. The second-order valence-electron chi connectivity index (χ2n) is 26.4. The zero-order chi connectivity index (χ0) is 63.1. The zero-order valence-corrected chi connectivity index (χ0v) is 56.6. The van der Waals surface area contributed by atoms with Crippen molar-refractivity contribution in [2.75, 3.05) is 56.5 Å². The molecule has 0 N–H and O–H groups in total. The van der Waals surface area contributed by atoms with Gasteiger partial charge in [0, 0.05) is 69.0 Å². The van der Waals surface area contributed by atoms with Gasteiger partial charge in [0.1, 0.15) is 12.4 Å². The summed E-state index contributed by atoms with van der Waals surface area (Å²) in [5, 5.41) is 0. The van der Waals surface area contributed by atoms with Crippen LogP contribution in [-0.2, 0) is 5.41 Å². The maximum atomic E-state index is 5.51. The Bertz CT molecular complexity index is 3750. The lowest BCUT2D eigenvalue weighted by Crippen LogP contribution is -2.29. The van der Waals surface area contributed by atoms with E-state index in [1.807, 2.05) is 0 Å². The van der Waals surface area contributed by atoms with Gasteiger partial charge in [-0.15, -0.1) is 0 Å². The highest BCUT2D eigenvalue weighted by atomic mass is 16.5. The van der Waals surface area contributed by atoms with Crippen LogP contribution in [0.4, 0.5) is 34.1 Å². The molecule has 3 aliphatic rings. The van der Waals surface area contributed by atoms with Gasteiger partial charge in [0.2, 0.25) is 0 Å². The number of aryl methyl sites for hydroxylation is 16. The average Bonchev–Trinajstić information content (AvgIpc) is 1.84. The first-order valence-electron chi connectivity index (χ1n) is 31.1. The van der Waals surface area contributed by atoms with Crippen LogP contribution in [0.2, 0.25) is 0 Å². The van der Waals surface area contributed by atoms with Crippen molar-refractivity contribution in [2.24, 2.45) is 0 Å². The Labute approximate surface area is 523 Å². The molecule has 11 rings (SSSR count). The van der Waals surface area contributed by atoms with Gasteiger partial charge in [-0.25, -0.2) is 0 Å². The van der Waals surface area contributed by atoms with Gasteiger partial charge in [0.25, 0.3) is 0 Å². The van der Waals surface area contributed by atoms with Crippen molar-refractivity contribution >= 4 is 45.5 Å².